The molecule has 0 aromatic heterocycles. The quantitative estimate of drug-likeness (QED) is 0.754. The highest BCUT2D eigenvalue weighted by Gasteiger charge is 2.43. The van der Waals surface area contributed by atoms with E-state index in [1.165, 1.54) is 0 Å². The van der Waals surface area contributed by atoms with Crippen LogP contribution < -0.4 is 11.1 Å². The van der Waals surface area contributed by atoms with E-state index >= 15 is 0 Å². The third-order valence-corrected chi connectivity index (χ3v) is 4.50. The summed E-state index contributed by atoms with van der Waals surface area (Å²) in [6.45, 7) is 6.03. The smallest absolute Gasteiger partial charge is 0.226 e. The lowest BCUT2D eigenvalue weighted by molar-refractivity contribution is -0.127. The van der Waals surface area contributed by atoms with Crippen LogP contribution in [-0.4, -0.2) is 29.1 Å². The predicted octanol–water partition coefficient (Wildman–Crippen LogP) is 1.23. The van der Waals surface area contributed by atoms with E-state index < -0.39 is 0 Å². The number of amides is 1. The first-order valence-corrected chi connectivity index (χ1v) is 7.07. The van der Waals surface area contributed by atoms with Gasteiger partial charge in [-0.15, -0.1) is 0 Å². The van der Waals surface area contributed by atoms with Crippen LogP contribution in [0.1, 0.15) is 33.6 Å². The van der Waals surface area contributed by atoms with Gasteiger partial charge in [-0.25, -0.2) is 0 Å². The van der Waals surface area contributed by atoms with Crippen LogP contribution >= 0.6 is 12.2 Å². The van der Waals surface area contributed by atoms with Gasteiger partial charge in [0.2, 0.25) is 5.91 Å². The largest absolute Gasteiger partial charge is 0.392 e. The van der Waals surface area contributed by atoms with Gasteiger partial charge in [0.15, 0.2) is 0 Å². The average molecular weight is 270 g/mol. The van der Waals surface area contributed by atoms with E-state index in [4.69, 9.17) is 22.7 Å². The molecule has 1 heterocycles. The number of nitrogens with one attached hydrogen (secondary N) is 1. The molecule has 1 aliphatic carbocycles. The number of ether oxygens (including phenoxy) is 1. The number of rotatable bonds is 4. The molecule has 0 bridgehead atoms. The second-order valence-electron chi connectivity index (χ2n) is 5.66. The number of nitrogens with two attached hydrogens (primary N) is 1. The minimum atomic E-state index is -0.136. The van der Waals surface area contributed by atoms with Crippen molar-refractivity contribution in [1.82, 2.24) is 5.32 Å². The Morgan fingerprint density at radius 3 is 2.33 bits per heavy atom. The summed E-state index contributed by atoms with van der Waals surface area (Å²) in [6.07, 6.45) is 2.29. The maximum Gasteiger partial charge on any atom is 0.226 e. The van der Waals surface area contributed by atoms with E-state index in [0.29, 0.717) is 10.9 Å². The van der Waals surface area contributed by atoms with Crippen molar-refractivity contribution < 1.29 is 9.53 Å². The summed E-state index contributed by atoms with van der Waals surface area (Å²) in [5, 5.41) is 3.02. The molecule has 1 saturated heterocycles. The van der Waals surface area contributed by atoms with E-state index in [1.54, 1.807) is 0 Å². The Kier molecular flexibility index (Phi) is 3.92. The molecule has 5 heteroatoms. The maximum absolute atomic E-state index is 12.4. The fraction of sp³-hybridized carbons (Fsp3) is 0.846. The van der Waals surface area contributed by atoms with Gasteiger partial charge in [0, 0.05) is 0 Å². The molecular weight excluding hydrogens is 248 g/mol. The third-order valence-electron chi connectivity index (χ3n) is 4.24. The second kappa shape index (κ2) is 5.13. The van der Waals surface area contributed by atoms with Gasteiger partial charge >= 0.3 is 0 Å². The van der Waals surface area contributed by atoms with Crippen molar-refractivity contribution in [3.63, 3.8) is 0 Å². The molecule has 5 atom stereocenters. The van der Waals surface area contributed by atoms with Gasteiger partial charge in [-0.2, -0.15) is 0 Å². The summed E-state index contributed by atoms with van der Waals surface area (Å²) in [5.74, 6) is 0.600. The number of hydrogen-bond acceptors (Lipinski definition) is 3. The molecule has 2 rings (SSSR count). The summed E-state index contributed by atoms with van der Waals surface area (Å²) in [4.78, 5) is 12.8. The molecule has 0 aromatic rings. The molecule has 1 amide bonds. The van der Waals surface area contributed by atoms with E-state index in [1.807, 2.05) is 13.8 Å². The molecule has 1 aliphatic heterocycles. The van der Waals surface area contributed by atoms with Crippen molar-refractivity contribution in [2.75, 3.05) is 0 Å². The molecule has 2 aliphatic rings. The molecule has 5 unspecified atom stereocenters. The molecule has 102 valence electrons. The normalized spacial score (nSPS) is 37.3. The van der Waals surface area contributed by atoms with Crippen LogP contribution in [-0.2, 0) is 9.53 Å². The summed E-state index contributed by atoms with van der Waals surface area (Å²) in [7, 11) is 0. The lowest BCUT2D eigenvalue weighted by Gasteiger charge is -2.23. The molecule has 2 fully saturated rings. The van der Waals surface area contributed by atoms with Crippen molar-refractivity contribution in [2.24, 2.45) is 23.5 Å². The molecule has 0 spiro atoms. The number of carbonyl (C=O) groups excluding carboxylic acids is 1. The molecule has 1 saturated carbocycles. The Morgan fingerprint density at radius 2 is 1.94 bits per heavy atom. The first kappa shape index (κ1) is 13.7. The summed E-state index contributed by atoms with van der Waals surface area (Å²) < 4.78 is 5.70. The van der Waals surface area contributed by atoms with Gasteiger partial charge in [0.25, 0.3) is 0 Å². The van der Waals surface area contributed by atoms with Gasteiger partial charge in [-0.1, -0.05) is 19.1 Å². The lowest BCUT2D eigenvalue weighted by atomic mass is 9.88. The van der Waals surface area contributed by atoms with E-state index in [9.17, 15) is 4.79 Å². The van der Waals surface area contributed by atoms with Crippen LogP contribution in [0.2, 0.25) is 0 Å². The van der Waals surface area contributed by atoms with Crippen LogP contribution in [0.4, 0.5) is 0 Å². The Labute approximate surface area is 114 Å². The predicted molar refractivity (Wildman–Crippen MR) is 74.1 cm³/mol. The van der Waals surface area contributed by atoms with Crippen molar-refractivity contribution >= 4 is 23.1 Å². The first-order valence-electron chi connectivity index (χ1n) is 6.67. The second-order valence-corrected chi connectivity index (χ2v) is 6.13. The Balaban J connectivity index is 2.00. The number of carbonyl (C=O) groups is 1. The Morgan fingerprint density at radius 1 is 1.33 bits per heavy atom. The fourth-order valence-corrected chi connectivity index (χ4v) is 3.07. The highest BCUT2D eigenvalue weighted by molar-refractivity contribution is 7.80. The van der Waals surface area contributed by atoms with Gasteiger partial charge in [-0.3, -0.25) is 4.79 Å². The number of thiocarbonyl (C=S) groups is 1. The van der Waals surface area contributed by atoms with Gasteiger partial charge < -0.3 is 15.8 Å². The van der Waals surface area contributed by atoms with Crippen molar-refractivity contribution in [1.29, 1.82) is 0 Å². The first-order chi connectivity index (χ1) is 8.41. The molecule has 3 N–H and O–H groups in total. The monoisotopic (exact) mass is 270 g/mol. The zero-order chi connectivity index (χ0) is 13.4. The summed E-state index contributed by atoms with van der Waals surface area (Å²) in [6, 6.07) is -0.136. The standard InChI is InChI=1S/C13H22N2O2S/c1-6-7(2)17-8(3)10(6)13(16)15-11(12(14)18)9-4-5-9/h6-11H,4-5H2,1-3H3,(H2,14,18)(H,15,16). The van der Waals surface area contributed by atoms with Gasteiger partial charge in [0.1, 0.15) is 0 Å². The average Bonchev–Trinajstić information content (AvgIpc) is 3.05. The zero-order valence-electron chi connectivity index (χ0n) is 11.2. The highest BCUT2D eigenvalue weighted by Crippen LogP contribution is 2.35. The molecule has 18 heavy (non-hydrogen) atoms. The van der Waals surface area contributed by atoms with Crippen LogP contribution in [0.5, 0.6) is 0 Å². The van der Waals surface area contributed by atoms with E-state index in [-0.39, 0.29) is 36.0 Å². The number of hydrogen-bond donors (Lipinski definition) is 2. The van der Waals surface area contributed by atoms with Gasteiger partial charge in [-0.05, 0) is 38.5 Å². The van der Waals surface area contributed by atoms with Crippen LogP contribution in [0.3, 0.4) is 0 Å². The fourth-order valence-electron chi connectivity index (χ4n) is 2.82. The Hall–Kier alpha value is -0.680. The maximum atomic E-state index is 12.4. The van der Waals surface area contributed by atoms with Crippen molar-refractivity contribution in [2.45, 2.75) is 51.9 Å². The van der Waals surface area contributed by atoms with Crippen LogP contribution in [0.25, 0.3) is 0 Å². The van der Waals surface area contributed by atoms with Crippen molar-refractivity contribution in [3.8, 4) is 0 Å². The molecule has 0 radical (unpaired) electrons. The molecule has 0 aromatic carbocycles. The Bertz CT molecular complexity index is 357. The summed E-state index contributed by atoms with van der Waals surface area (Å²) >= 11 is 5.04. The van der Waals surface area contributed by atoms with E-state index in [2.05, 4.69) is 12.2 Å². The van der Waals surface area contributed by atoms with Crippen LogP contribution in [0.15, 0.2) is 0 Å². The molecular formula is C13H22N2O2S. The third kappa shape index (κ3) is 2.67. The summed E-state index contributed by atoms with van der Waals surface area (Å²) in [5.41, 5.74) is 5.71. The van der Waals surface area contributed by atoms with E-state index in [0.717, 1.165) is 12.8 Å². The van der Waals surface area contributed by atoms with Crippen LogP contribution in [0, 0.1) is 17.8 Å². The lowest BCUT2D eigenvalue weighted by Crippen LogP contribution is -2.49. The highest BCUT2D eigenvalue weighted by atomic mass is 32.1. The minimum absolute atomic E-state index is 0.0315. The minimum Gasteiger partial charge on any atom is -0.392 e. The van der Waals surface area contributed by atoms with Gasteiger partial charge in [0.05, 0.1) is 29.2 Å². The SMILES string of the molecule is CC1OC(C)C(C(=O)NC(C(N)=S)C2CC2)C1C. The van der Waals surface area contributed by atoms with Crippen molar-refractivity contribution in [3.05, 3.63) is 0 Å². The topological polar surface area (TPSA) is 64.3 Å². The molecule has 4 nitrogen and oxygen atoms in total. The zero-order valence-corrected chi connectivity index (χ0v) is 12.0.